The van der Waals surface area contributed by atoms with Crippen LogP contribution in [0.3, 0.4) is 0 Å². The number of nitrogens with zero attached hydrogens (tertiary/aromatic N) is 2. The molecule has 5 aromatic carbocycles. The number of aryl methyl sites for hydroxylation is 2. The first-order chi connectivity index (χ1) is 21.7. The Hall–Kier alpha value is -4.81. The van der Waals surface area contributed by atoms with Crippen molar-refractivity contribution < 1.29 is 31.8 Å². The van der Waals surface area contributed by atoms with Crippen molar-refractivity contribution >= 4 is 51.3 Å². The van der Waals surface area contributed by atoms with E-state index in [0.29, 0.717) is 28.4 Å². The molecule has 45 heavy (non-hydrogen) atoms. The third-order valence-electron chi connectivity index (χ3n) is 6.93. The van der Waals surface area contributed by atoms with Crippen LogP contribution in [0.1, 0.15) is 21.5 Å². The van der Waals surface area contributed by atoms with Gasteiger partial charge >= 0.3 is 5.97 Å². The molecule has 0 aliphatic heterocycles. The van der Waals surface area contributed by atoms with E-state index in [2.05, 4.69) is 0 Å². The molecule has 0 aliphatic rings. The number of ether oxygens (including phenoxy) is 2. The van der Waals surface area contributed by atoms with Crippen LogP contribution in [0.2, 0.25) is 0 Å². The summed E-state index contributed by atoms with van der Waals surface area (Å²) in [7, 11) is 1.20. The Kier molecular flexibility index (Phi) is 9.74. The molecule has 0 bridgehead atoms. The predicted molar refractivity (Wildman–Crippen MR) is 174 cm³/mol. The molecule has 0 radical (unpaired) electrons. The minimum absolute atomic E-state index is 0.0352. The lowest BCUT2D eigenvalue weighted by atomic mass is 10.0. The van der Waals surface area contributed by atoms with Crippen LogP contribution >= 0.6 is 0 Å². The number of benzene rings is 5. The highest BCUT2D eigenvalue weighted by Gasteiger charge is 2.22. The molecule has 0 N–H and O–H groups in total. The van der Waals surface area contributed by atoms with Gasteiger partial charge < -0.3 is 18.6 Å². The number of carbonyl (C=O) groups excluding carboxylic acids is 1. The van der Waals surface area contributed by atoms with Crippen molar-refractivity contribution in [2.45, 2.75) is 13.8 Å². The van der Waals surface area contributed by atoms with Crippen molar-refractivity contribution in [2.24, 2.45) is 0 Å². The number of anilines is 4. The summed E-state index contributed by atoms with van der Waals surface area (Å²) in [6, 6.07) is 32.6. The smallest absolute Gasteiger partial charge is 0.340 e. The fourth-order valence-corrected chi connectivity index (χ4v) is 5.97. The van der Waals surface area contributed by atoms with Crippen molar-refractivity contribution in [2.75, 3.05) is 15.7 Å². The van der Waals surface area contributed by atoms with E-state index in [1.165, 1.54) is 29.6 Å². The molecule has 2 atom stereocenters. The highest BCUT2D eigenvalue weighted by molar-refractivity contribution is 7.81. The maximum Gasteiger partial charge on any atom is 0.340 e. The van der Waals surface area contributed by atoms with Gasteiger partial charge in [-0.15, -0.1) is 0 Å². The quantitative estimate of drug-likeness (QED) is 0.115. The summed E-state index contributed by atoms with van der Waals surface area (Å²) in [5.41, 5.74) is 4.51. The Balaban J connectivity index is 1.57. The number of hydrogen-bond acceptors (Lipinski definition) is 7. The Labute approximate surface area is 266 Å². The van der Waals surface area contributed by atoms with E-state index >= 15 is 0 Å². The Bertz CT molecular complexity index is 1870. The number of methoxy groups -OCH3 is 1. The van der Waals surface area contributed by atoms with Crippen molar-refractivity contribution in [3.63, 3.8) is 0 Å². The maximum absolute atomic E-state index is 12.9. The van der Waals surface area contributed by atoms with Crippen LogP contribution < -0.4 is 13.3 Å². The Morgan fingerprint density at radius 3 is 1.64 bits per heavy atom. The average Bonchev–Trinajstić information content (AvgIpc) is 3.04. The normalized spacial score (nSPS) is 12.2. The molecule has 0 saturated carbocycles. The molecule has 5 aromatic rings. The predicted octanol–water partition coefficient (Wildman–Crippen LogP) is 7.41. The van der Waals surface area contributed by atoms with Crippen LogP contribution in [0.25, 0.3) is 11.1 Å². The van der Waals surface area contributed by atoms with Crippen molar-refractivity contribution in [1.29, 1.82) is 0 Å². The first-order valence-corrected chi connectivity index (χ1v) is 15.7. The van der Waals surface area contributed by atoms with Gasteiger partial charge in [0.25, 0.3) is 0 Å². The van der Waals surface area contributed by atoms with Gasteiger partial charge in [0.15, 0.2) is 0 Å². The summed E-state index contributed by atoms with van der Waals surface area (Å²) in [4.78, 5) is 12.9. The molecule has 0 aliphatic carbocycles. The van der Waals surface area contributed by atoms with Gasteiger partial charge in [0.2, 0.25) is 0 Å². The van der Waals surface area contributed by atoms with Gasteiger partial charge in [-0.05, 0) is 80.1 Å². The molecular formula is C34H28N2O7S2-2. The maximum atomic E-state index is 12.9. The van der Waals surface area contributed by atoms with E-state index < -0.39 is 28.5 Å². The molecule has 0 fully saturated rings. The molecule has 0 saturated heterocycles. The SMILES string of the molecule is COC(=O)c1cc(Oc2ccc(N(c3ccc(C)cc3)S(=O)[O-])c(-c3ccccc3)c2)ccc1N(c1ccc(C)cc1)S(=O)[O-]. The van der Waals surface area contributed by atoms with Gasteiger partial charge in [-0.3, -0.25) is 17.0 Å². The van der Waals surface area contributed by atoms with E-state index in [4.69, 9.17) is 9.47 Å². The highest BCUT2D eigenvalue weighted by atomic mass is 32.2. The van der Waals surface area contributed by atoms with Crippen molar-refractivity contribution in [3.8, 4) is 22.6 Å². The van der Waals surface area contributed by atoms with E-state index in [-0.39, 0.29) is 17.0 Å². The minimum atomic E-state index is -2.76. The van der Waals surface area contributed by atoms with Gasteiger partial charge in [0, 0.05) is 5.56 Å². The monoisotopic (exact) mass is 640 g/mol. The second kappa shape index (κ2) is 13.9. The average molecular weight is 641 g/mol. The summed E-state index contributed by atoms with van der Waals surface area (Å²) in [6.45, 7) is 3.80. The molecule has 0 amide bonds. The van der Waals surface area contributed by atoms with Crippen molar-refractivity contribution in [1.82, 2.24) is 0 Å². The summed E-state index contributed by atoms with van der Waals surface area (Å²) in [5, 5.41) is 0. The fourth-order valence-electron chi connectivity index (χ4n) is 4.74. The number of hydrogen-bond donors (Lipinski definition) is 0. The highest BCUT2D eigenvalue weighted by Crippen LogP contribution is 2.40. The van der Waals surface area contributed by atoms with Gasteiger partial charge in [0.1, 0.15) is 11.5 Å². The first-order valence-electron chi connectivity index (χ1n) is 13.7. The van der Waals surface area contributed by atoms with E-state index in [9.17, 15) is 22.3 Å². The van der Waals surface area contributed by atoms with Crippen LogP contribution in [-0.4, -0.2) is 30.6 Å². The standard InChI is InChI=1S/C34H30N2O7S2/c1-23-9-13-26(14-10-23)35(44(38)39)32-19-17-28(21-30(32)25-7-5-4-6-8-25)43-29-18-20-33(31(22-29)34(37)42-3)36(45(40)41)27-15-11-24(2)12-16-27/h4-22H,1-3H3,(H,38,39)(H,40,41)/p-2. The van der Waals surface area contributed by atoms with Crippen LogP contribution in [0.5, 0.6) is 11.5 Å². The minimum Gasteiger partial charge on any atom is -0.755 e. The number of carbonyl (C=O) groups is 1. The lowest BCUT2D eigenvalue weighted by Crippen LogP contribution is -2.22. The summed E-state index contributed by atoms with van der Waals surface area (Å²) in [6.07, 6.45) is 0. The molecule has 5 rings (SSSR count). The molecule has 2 unspecified atom stereocenters. The van der Waals surface area contributed by atoms with E-state index in [0.717, 1.165) is 21.0 Å². The third kappa shape index (κ3) is 7.13. The lowest BCUT2D eigenvalue weighted by Gasteiger charge is -2.29. The van der Waals surface area contributed by atoms with Gasteiger partial charge in [-0.2, -0.15) is 0 Å². The Morgan fingerprint density at radius 2 is 1.13 bits per heavy atom. The number of rotatable bonds is 10. The molecule has 0 heterocycles. The van der Waals surface area contributed by atoms with Gasteiger partial charge in [-0.25, -0.2) is 4.79 Å². The van der Waals surface area contributed by atoms with Gasteiger partial charge in [-0.1, -0.05) is 65.7 Å². The fraction of sp³-hybridized carbons (Fsp3) is 0.0882. The van der Waals surface area contributed by atoms with Crippen molar-refractivity contribution in [3.05, 3.63) is 132 Å². The summed E-state index contributed by atoms with van der Waals surface area (Å²) < 4.78 is 63.1. The van der Waals surface area contributed by atoms with Crippen LogP contribution in [0, 0.1) is 13.8 Å². The molecule has 0 spiro atoms. The van der Waals surface area contributed by atoms with Crippen LogP contribution in [-0.2, 0) is 27.3 Å². The van der Waals surface area contributed by atoms with Gasteiger partial charge in [0.05, 0.1) is 58.0 Å². The number of esters is 1. The molecule has 9 nitrogen and oxygen atoms in total. The zero-order valence-electron chi connectivity index (χ0n) is 24.5. The largest absolute Gasteiger partial charge is 0.755 e. The third-order valence-corrected chi connectivity index (χ3v) is 8.35. The lowest BCUT2D eigenvalue weighted by molar-refractivity contribution is 0.0601. The molecule has 0 aromatic heterocycles. The van der Waals surface area contributed by atoms with E-state index in [1.807, 2.05) is 56.3 Å². The first kappa shape index (κ1) is 31.6. The summed E-state index contributed by atoms with van der Waals surface area (Å²) >= 11 is -5.40. The zero-order chi connectivity index (χ0) is 32.1. The zero-order valence-corrected chi connectivity index (χ0v) is 26.2. The topological polar surface area (TPSA) is 122 Å². The molecular weight excluding hydrogens is 613 g/mol. The molecule has 230 valence electrons. The second-order valence-electron chi connectivity index (χ2n) is 10.0. The summed E-state index contributed by atoms with van der Waals surface area (Å²) in [5.74, 6) is -0.177. The van der Waals surface area contributed by atoms with Crippen LogP contribution in [0.15, 0.2) is 115 Å². The van der Waals surface area contributed by atoms with E-state index in [1.54, 1.807) is 54.6 Å². The Morgan fingerprint density at radius 1 is 0.644 bits per heavy atom. The van der Waals surface area contributed by atoms with Crippen LogP contribution in [0.4, 0.5) is 22.7 Å². The molecule has 11 heteroatoms. The second-order valence-corrected chi connectivity index (χ2v) is 11.6.